The van der Waals surface area contributed by atoms with Crippen LogP contribution in [-0.4, -0.2) is 36.1 Å². The lowest BCUT2D eigenvalue weighted by Crippen LogP contribution is -2.37. The van der Waals surface area contributed by atoms with Crippen LogP contribution >= 0.6 is 0 Å². The first-order valence-corrected chi connectivity index (χ1v) is 11.0. The molecule has 2 unspecified atom stereocenters. The maximum absolute atomic E-state index is 13.4. The normalized spacial score (nSPS) is 18.9. The van der Waals surface area contributed by atoms with Gasteiger partial charge in [-0.15, -0.1) is 0 Å². The Hall–Kier alpha value is -3.73. The topological polar surface area (TPSA) is 54.6 Å². The van der Waals surface area contributed by atoms with E-state index in [1.54, 1.807) is 7.11 Å². The number of hydrogen-bond donors (Lipinski definition) is 1. The highest BCUT2D eigenvalue weighted by atomic mass is 16.5. The van der Waals surface area contributed by atoms with Crippen LogP contribution in [0.25, 0.3) is 10.9 Å². The number of carbonyl (C=O) groups excluding carboxylic acids is 1. The van der Waals surface area contributed by atoms with Gasteiger partial charge in [-0.25, -0.2) is 0 Å². The van der Waals surface area contributed by atoms with Crippen molar-refractivity contribution in [2.24, 2.45) is 0 Å². The second-order valence-corrected chi connectivity index (χ2v) is 8.34. The summed E-state index contributed by atoms with van der Waals surface area (Å²) in [5.41, 5.74) is 6.45. The third-order valence-electron chi connectivity index (χ3n) is 6.73. The van der Waals surface area contributed by atoms with Gasteiger partial charge >= 0.3 is 0 Å². The molecule has 0 spiro atoms. The molecule has 4 aromatic rings. The van der Waals surface area contributed by atoms with Crippen LogP contribution < -0.4 is 9.47 Å². The first-order valence-electron chi connectivity index (χ1n) is 11.0. The highest BCUT2D eigenvalue weighted by Gasteiger charge is 2.45. The van der Waals surface area contributed by atoms with Crippen LogP contribution in [0, 0.1) is 0 Å². The molecule has 0 aliphatic carbocycles. The summed E-state index contributed by atoms with van der Waals surface area (Å²) in [6.07, 6.45) is 0. The van der Waals surface area contributed by atoms with Crippen LogP contribution in [0.1, 0.15) is 51.6 Å². The molecule has 5 heteroatoms. The molecule has 32 heavy (non-hydrogen) atoms. The average molecular weight is 425 g/mol. The van der Waals surface area contributed by atoms with Gasteiger partial charge in [0.25, 0.3) is 5.91 Å². The van der Waals surface area contributed by atoms with E-state index < -0.39 is 0 Å². The number of rotatable bonds is 4. The van der Waals surface area contributed by atoms with Crippen molar-refractivity contribution in [3.8, 4) is 11.5 Å². The predicted molar refractivity (Wildman–Crippen MR) is 124 cm³/mol. The number of aromatic nitrogens is 1. The van der Waals surface area contributed by atoms with Crippen LogP contribution in [0.4, 0.5) is 0 Å². The summed E-state index contributed by atoms with van der Waals surface area (Å²) in [5, 5.41) is 1.21. The van der Waals surface area contributed by atoms with E-state index in [1.165, 1.54) is 10.9 Å². The van der Waals surface area contributed by atoms with Gasteiger partial charge < -0.3 is 19.4 Å². The molecule has 1 amide bonds. The zero-order valence-corrected chi connectivity index (χ0v) is 18.1. The third kappa shape index (κ3) is 2.60. The van der Waals surface area contributed by atoms with E-state index in [4.69, 9.17) is 9.47 Å². The van der Waals surface area contributed by atoms with Crippen LogP contribution in [0.3, 0.4) is 0 Å². The minimum atomic E-state index is -0.0815. The van der Waals surface area contributed by atoms with Crippen molar-refractivity contribution < 1.29 is 14.3 Å². The molecule has 160 valence electrons. The standard InChI is InChI=1S/C27H24N2O3/c1-3-32-22-13-12-16(14-23(22)31-2)20-15-29-26(17-8-4-5-9-18(17)27(29)30)25-24(20)19-10-6-7-11-21(19)28-25/h4-14,20,26,28H,3,15H2,1-2H3. The number of H-pyrrole nitrogens is 1. The number of benzene rings is 3. The van der Waals surface area contributed by atoms with Gasteiger partial charge in [-0.05, 0) is 47.9 Å². The minimum absolute atomic E-state index is 0.0280. The maximum Gasteiger partial charge on any atom is 0.255 e. The van der Waals surface area contributed by atoms with Gasteiger partial charge in [-0.3, -0.25) is 4.79 Å². The van der Waals surface area contributed by atoms with Crippen LogP contribution in [0.15, 0.2) is 66.7 Å². The molecular formula is C27H24N2O3. The molecule has 5 nitrogen and oxygen atoms in total. The van der Waals surface area contributed by atoms with Crippen LogP contribution in [-0.2, 0) is 0 Å². The largest absolute Gasteiger partial charge is 0.493 e. The summed E-state index contributed by atoms with van der Waals surface area (Å²) in [6.45, 7) is 3.15. The molecule has 3 aromatic carbocycles. The first kappa shape index (κ1) is 19.0. The fourth-order valence-corrected chi connectivity index (χ4v) is 5.38. The van der Waals surface area contributed by atoms with Gasteiger partial charge in [-0.2, -0.15) is 0 Å². The number of para-hydroxylation sites is 1. The Morgan fingerprint density at radius 1 is 1.03 bits per heavy atom. The number of aromatic amines is 1. The molecule has 6 rings (SSSR count). The molecule has 0 bridgehead atoms. The van der Waals surface area contributed by atoms with Gasteiger partial charge in [0, 0.05) is 34.6 Å². The number of nitrogens with one attached hydrogen (secondary N) is 1. The number of amides is 1. The van der Waals surface area contributed by atoms with Gasteiger partial charge in [0.05, 0.1) is 19.8 Å². The Morgan fingerprint density at radius 3 is 2.69 bits per heavy atom. The van der Waals surface area contributed by atoms with E-state index in [9.17, 15) is 4.79 Å². The molecule has 0 fully saturated rings. The van der Waals surface area contributed by atoms with Gasteiger partial charge in [0.2, 0.25) is 0 Å². The summed E-state index contributed by atoms with van der Waals surface area (Å²) in [5.74, 6) is 1.57. The van der Waals surface area contributed by atoms with Crippen molar-refractivity contribution in [1.29, 1.82) is 0 Å². The zero-order valence-electron chi connectivity index (χ0n) is 18.1. The average Bonchev–Trinajstić information content (AvgIpc) is 3.35. The molecule has 0 saturated heterocycles. The Bertz CT molecular complexity index is 1360. The Morgan fingerprint density at radius 2 is 1.84 bits per heavy atom. The Labute approximate surface area is 186 Å². The molecular weight excluding hydrogens is 400 g/mol. The maximum atomic E-state index is 13.4. The fraction of sp³-hybridized carbons (Fsp3) is 0.222. The molecule has 0 radical (unpaired) electrons. The summed E-state index contributed by atoms with van der Waals surface area (Å²) in [7, 11) is 1.66. The van der Waals surface area contributed by atoms with E-state index in [0.29, 0.717) is 18.9 Å². The highest BCUT2D eigenvalue weighted by Crippen LogP contribution is 2.50. The smallest absolute Gasteiger partial charge is 0.255 e. The molecule has 1 N–H and O–H groups in total. The quantitative estimate of drug-likeness (QED) is 0.486. The molecule has 0 saturated carbocycles. The Balaban J connectivity index is 1.57. The van der Waals surface area contributed by atoms with E-state index in [0.717, 1.165) is 33.7 Å². The lowest BCUT2D eigenvalue weighted by atomic mass is 9.83. The van der Waals surface area contributed by atoms with Gasteiger partial charge in [0.1, 0.15) is 0 Å². The molecule has 2 atom stereocenters. The third-order valence-corrected chi connectivity index (χ3v) is 6.73. The van der Waals surface area contributed by atoms with Gasteiger partial charge in [0.15, 0.2) is 11.5 Å². The number of methoxy groups -OCH3 is 1. The van der Waals surface area contributed by atoms with Crippen molar-refractivity contribution in [1.82, 2.24) is 9.88 Å². The van der Waals surface area contributed by atoms with Crippen LogP contribution in [0.5, 0.6) is 11.5 Å². The molecule has 2 aliphatic heterocycles. The lowest BCUT2D eigenvalue weighted by Gasteiger charge is -2.36. The fourth-order valence-electron chi connectivity index (χ4n) is 5.38. The predicted octanol–water partition coefficient (Wildman–Crippen LogP) is 5.27. The monoisotopic (exact) mass is 424 g/mol. The number of ether oxygens (including phenoxy) is 2. The molecule has 3 heterocycles. The summed E-state index contributed by atoms with van der Waals surface area (Å²) in [6, 6.07) is 22.4. The second kappa shape index (κ2) is 7.16. The zero-order chi connectivity index (χ0) is 21.8. The summed E-state index contributed by atoms with van der Waals surface area (Å²) >= 11 is 0. The van der Waals surface area contributed by atoms with Crippen molar-refractivity contribution in [2.75, 3.05) is 20.3 Å². The Kier molecular flexibility index (Phi) is 4.25. The van der Waals surface area contributed by atoms with Crippen LogP contribution in [0.2, 0.25) is 0 Å². The SMILES string of the molecule is CCOc1ccc(C2CN3C(=O)c4ccccc4C3c3[nH]c4ccccc4c32)cc1OC. The minimum Gasteiger partial charge on any atom is -0.493 e. The lowest BCUT2D eigenvalue weighted by molar-refractivity contribution is 0.0727. The van der Waals surface area contributed by atoms with E-state index in [2.05, 4.69) is 41.4 Å². The van der Waals surface area contributed by atoms with E-state index in [-0.39, 0.29) is 17.9 Å². The van der Waals surface area contributed by atoms with Crippen molar-refractivity contribution >= 4 is 16.8 Å². The first-order chi connectivity index (χ1) is 15.7. The second-order valence-electron chi connectivity index (χ2n) is 8.34. The number of fused-ring (bicyclic) bond motifs is 7. The summed E-state index contributed by atoms with van der Waals surface area (Å²) < 4.78 is 11.4. The van der Waals surface area contributed by atoms with E-state index in [1.807, 2.05) is 42.2 Å². The van der Waals surface area contributed by atoms with Crippen molar-refractivity contribution in [3.05, 3.63) is 94.7 Å². The van der Waals surface area contributed by atoms with E-state index >= 15 is 0 Å². The highest BCUT2D eigenvalue weighted by molar-refractivity contribution is 6.01. The molecule has 2 aliphatic rings. The summed E-state index contributed by atoms with van der Waals surface area (Å²) in [4.78, 5) is 19.0. The van der Waals surface area contributed by atoms with Crippen molar-refractivity contribution in [2.45, 2.75) is 18.9 Å². The van der Waals surface area contributed by atoms with Gasteiger partial charge in [-0.1, -0.05) is 42.5 Å². The number of carbonyl (C=O) groups is 1. The number of nitrogens with zero attached hydrogens (tertiary/aromatic N) is 1. The van der Waals surface area contributed by atoms with Crippen molar-refractivity contribution in [3.63, 3.8) is 0 Å². The number of hydrogen-bond acceptors (Lipinski definition) is 3. The molecule has 1 aromatic heterocycles.